The van der Waals surface area contributed by atoms with Gasteiger partial charge >= 0.3 is 0 Å². The summed E-state index contributed by atoms with van der Waals surface area (Å²) in [5, 5.41) is 0. The van der Waals surface area contributed by atoms with Crippen LogP contribution in [0.3, 0.4) is 0 Å². The third kappa shape index (κ3) is 1.75. The first-order valence-corrected chi connectivity index (χ1v) is 1.88. The number of nitrogens with zero attached hydrogens (tertiary/aromatic N) is 1. The average molecular weight is 133 g/mol. The van der Waals surface area contributed by atoms with Crippen LogP contribution in [0, 0.1) is 0 Å². The van der Waals surface area contributed by atoms with Crippen LogP contribution in [0.5, 0.6) is 0 Å². The maximum Gasteiger partial charge on any atom is 0.250 e. The first-order valence-electron chi connectivity index (χ1n) is 1.88. The van der Waals surface area contributed by atoms with E-state index in [4.69, 9.17) is 0 Å². The van der Waals surface area contributed by atoms with E-state index in [1.165, 1.54) is 18.6 Å². The fraction of sp³-hybridized carbons (Fsp3) is 0. The first-order chi connectivity index (χ1) is 3.39. The summed E-state index contributed by atoms with van der Waals surface area (Å²) in [7, 11) is 0. The quantitative estimate of drug-likeness (QED) is 0.548. The molecule has 1 heterocycles. The Kier molecular flexibility index (Phi) is 2.88. The van der Waals surface area contributed by atoms with Crippen LogP contribution >= 0.6 is 12.4 Å². The van der Waals surface area contributed by atoms with Gasteiger partial charge in [0.2, 0.25) is 0 Å². The molecule has 0 aliphatic rings. The molecule has 0 saturated carbocycles. The predicted molar refractivity (Wildman–Crippen MR) is 32.1 cm³/mol. The highest BCUT2D eigenvalue weighted by Gasteiger charge is 1.70. The highest BCUT2D eigenvalue weighted by molar-refractivity contribution is 5.85. The molecule has 1 N–H and O–H groups in total. The summed E-state index contributed by atoms with van der Waals surface area (Å²) in [5.41, 5.74) is -0.116. The second kappa shape index (κ2) is 3.21. The van der Waals surface area contributed by atoms with Crippen molar-refractivity contribution in [1.82, 2.24) is 9.97 Å². The van der Waals surface area contributed by atoms with Crippen molar-refractivity contribution in [2.45, 2.75) is 0 Å². The molecule has 1 aromatic rings. The van der Waals surface area contributed by atoms with E-state index in [9.17, 15) is 4.79 Å². The Bertz CT molecular complexity index is 180. The second-order valence-electron chi connectivity index (χ2n) is 1.10. The first kappa shape index (κ1) is 7.17. The molecule has 1 rings (SSSR count). The van der Waals surface area contributed by atoms with Gasteiger partial charge < -0.3 is 4.98 Å². The minimum atomic E-state index is -0.116. The number of H-pyrrole nitrogens is 1. The van der Waals surface area contributed by atoms with E-state index in [1.807, 2.05) is 0 Å². The number of hydrogen-bond donors (Lipinski definition) is 1. The number of rotatable bonds is 0. The molecule has 0 radical (unpaired) electrons. The molecular formula is C4H5ClN2O. The van der Waals surface area contributed by atoms with Crippen molar-refractivity contribution >= 4 is 12.4 Å². The third-order valence-corrected chi connectivity index (χ3v) is 0.593. The molecule has 0 aliphatic heterocycles. The van der Waals surface area contributed by atoms with E-state index in [0.717, 1.165) is 0 Å². The Hall–Kier alpha value is -0.830. The van der Waals surface area contributed by atoms with Crippen molar-refractivity contribution in [3.63, 3.8) is 0 Å². The Morgan fingerprint density at radius 1 is 1.62 bits per heavy atom. The molecule has 0 aromatic carbocycles. The molecule has 0 atom stereocenters. The van der Waals surface area contributed by atoms with Gasteiger partial charge in [-0.3, -0.25) is 4.79 Å². The highest BCUT2D eigenvalue weighted by atomic mass is 35.5. The van der Waals surface area contributed by atoms with Crippen LogP contribution < -0.4 is 5.56 Å². The van der Waals surface area contributed by atoms with Gasteiger partial charge in [-0.25, -0.2) is 4.98 Å². The average Bonchev–Trinajstić information content (AvgIpc) is 1.69. The zero-order valence-electron chi connectivity index (χ0n) is 4.00. The monoisotopic (exact) mass is 132 g/mol. The topological polar surface area (TPSA) is 45.8 Å². The highest BCUT2D eigenvalue weighted by Crippen LogP contribution is 1.57. The molecule has 0 fully saturated rings. The van der Waals surface area contributed by atoms with Crippen molar-refractivity contribution in [2.24, 2.45) is 0 Å². The Balaban J connectivity index is 0.000000490. The second-order valence-corrected chi connectivity index (χ2v) is 1.10. The van der Waals surface area contributed by atoms with Gasteiger partial charge in [0.05, 0.1) is 6.33 Å². The van der Waals surface area contributed by atoms with E-state index < -0.39 is 0 Å². The van der Waals surface area contributed by atoms with E-state index in [1.54, 1.807) is 0 Å². The lowest BCUT2D eigenvalue weighted by molar-refractivity contribution is 1.12. The molecule has 0 spiro atoms. The largest absolute Gasteiger partial charge is 0.313 e. The van der Waals surface area contributed by atoms with Crippen LogP contribution in [0.25, 0.3) is 0 Å². The molecule has 0 unspecified atom stereocenters. The molecule has 0 bridgehead atoms. The van der Waals surface area contributed by atoms with E-state index >= 15 is 0 Å². The summed E-state index contributed by atoms with van der Waals surface area (Å²) >= 11 is 0. The smallest absolute Gasteiger partial charge is 0.250 e. The lowest BCUT2D eigenvalue weighted by Gasteiger charge is -1.73. The van der Waals surface area contributed by atoms with Gasteiger partial charge in [-0.15, -0.1) is 12.4 Å². The molecule has 3 nitrogen and oxygen atoms in total. The van der Waals surface area contributed by atoms with Crippen molar-refractivity contribution in [3.05, 3.63) is 28.9 Å². The van der Waals surface area contributed by atoms with Gasteiger partial charge in [0.25, 0.3) is 5.56 Å². The molecule has 0 amide bonds. The molecule has 0 saturated heterocycles. The number of nitrogens with one attached hydrogen (secondary N) is 1. The Morgan fingerprint density at radius 2 is 2.38 bits per heavy atom. The minimum Gasteiger partial charge on any atom is -0.313 e. The molecular weight excluding hydrogens is 128 g/mol. The minimum absolute atomic E-state index is 0. The van der Waals surface area contributed by atoms with Crippen molar-refractivity contribution < 1.29 is 0 Å². The molecule has 8 heavy (non-hydrogen) atoms. The molecule has 0 aliphatic carbocycles. The molecule has 4 heteroatoms. The van der Waals surface area contributed by atoms with Crippen LogP contribution in [0.15, 0.2) is 23.4 Å². The lowest BCUT2D eigenvalue weighted by atomic mass is 10.7. The van der Waals surface area contributed by atoms with Crippen molar-refractivity contribution in [1.29, 1.82) is 0 Å². The standard InChI is InChI=1S/C4H4N2O.ClH/c7-4-1-2-5-3-6-4;/h1-3H,(H,5,6,7);1H. The van der Waals surface area contributed by atoms with Gasteiger partial charge in [-0.2, -0.15) is 0 Å². The maximum absolute atomic E-state index is 10.2. The van der Waals surface area contributed by atoms with Crippen LogP contribution in [-0.2, 0) is 0 Å². The number of hydrogen-bond acceptors (Lipinski definition) is 2. The van der Waals surface area contributed by atoms with Crippen LogP contribution in [0.1, 0.15) is 0 Å². The van der Waals surface area contributed by atoms with Gasteiger partial charge in [0.1, 0.15) is 0 Å². The summed E-state index contributed by atoms with van der Waals surface area (Å²) in [6.07, 6.45) is 2.79. The van der Waals surface area contributed by atoms with Gasteiger partial charge in [-0.1, -0.05) is 0 Å². The van der Waals surface area contributed by atoms with Gasteiger partial charge in [0, 0.05) is 12.3 Å². The molecule has 1 aromatic heterocycles. The van der Waals surface area contributed by atoms with E-state index in [-0.39, 0.29) is 18.0 Å². The van der Waals surface area contributed by atoms with Gasteiger partial charge in [0.15, 0.2) is 0 Å². The summed E-state index contributed by atoms with van der Waals surface area (Å²) in [6, 6.07) is 1.36. The van der Waals surface area contributed by atoms with Crippen LogP contribution in [0.4, 0.5) is 0 Å². The van der Waals surface area contributed by atoms with Crippen molar-refractivity contribution in [3.8, 4) is 0 Å². The summed E-state index contributed by atoms with van der Waals surface area (Å²) < 4.78 is 0. The zero-order chi connectivity index (χ0) is 5.11. The van der Waals surface area contributed by atoms with Gasteiger partial charge in [-0.05, 0) is 0 Å². The Morgan fingerprint density at radius 3 is 2.62 bits per heavy atom. The van der Waals surface area contributed by atoms with Crippen LogP contribution in [0.2, 0.25) is 0 Å². The Labute approximate surface area is 52.2 Å². The van der Waals surface area contributed by atoms with Crippen LogP contribution in [-0.4, -0.2) is 9.97 Å². The summed E-state index contributed by atoms with van der Waals surface area (Å²) in [5.74, 6) is 0. The number of aromatic nitrogens is 2. The molecule has 44 valence electrons. The normalized spacial score (nSPS) is 7.50. The third-order valence-electron chi connectivity index (χ3n) is 0.593. The predicted octanol–water partition coefficient (Wildman–Crippen LogP) is 0.192. The van der Waals surface area contributed by atoms with Crippen molar-refractivity contribution in [2.75, 3.05) is 0 Å². The number of halogens is 1. The lowest BCUT2D eigenvalue weighted by Crippen LogP contribution is -2.00. The van der Waals surface area contributed by atoms with E-state index in [0.29, 0.717) is 0 Å². The van der Waals surface area contributed by atoms with E-state index in [2.05, 4.69) is 9.97 Å². The summed E-state index contributed by atoms with van der Waals surface area (Å²) in [4.78, 5) is 16.1. The zero-order valence-corrected chi connectivity index (χ0v) is 4.81. The fourth-order valence-corrected chi connectivity index (χ4v) is 0.303. The maximum atomic E-state index is 10.2. The summed E-state index contributed by atoms with van der Waals surface area (Å²) in [6.45, 7) is 0. The SMILES string of the molecule is Cl.O=c1ccnc[nH]1. The number of aromatic amines is 1. The fourth-order valence-electron chi connectivity index (χ4n) is 0.303.